The van der Waals surface area contributed by atoms with Gasteiger partial charge in [0.2, 0.25) is 0 Å². The first kappa shape index (κ1) is 11.7. The monoisotopic (exact) mass is 250 g/mol. The molecule has 0 aliphatic carbocycles. The maximum Gasteiger partial charge on any atom is 0.279 e. The largest absolute Gasteiger partial charge is 0.279 e. The maximum atomic E-state index is 4.54. The highest BCUT2D eigenvalue weighted by Gasteiger charge is 2.23. The minimum atomic E-state index is 0.979. The molecule has 0 aliphatic rings. The molecule has 0 atom stereocenters. The van der Waals surface area contributed by atoms with Crippen molar-refractivity contribution in [3.63, 3.8) is 0 Å². The van der Waals surface area contributed by atoms with Crippen molar-refractivity contribution in [3.8, 4) is 17.1 Å². The van der Waals surface area contributed by atoms with Crippen LogP contribution in [0.5, 0.6) is 0 Å². The van der Waals surface area contributed by atoms with Crippen LogP contribution in [0.25, 0.3) is 17.1 Å². The molecule has 0 amide bonds. The molecular weight excluding hydrogens is 234 g/mol. The van der Waals surface area contributed by atoms with Crippen LogP contribution < -0.4 is 4.57 Å². The summed E-state index contributed by atoms with van der Waals surface area (Å²) in [6.07, 6.45) is 0. The number of rotatable bonds is 2. The summed E-state index contributed by atoms with van der Waals surface area (Å²) in [7, 11) is 1.98. The number of aromatic nitrogens is 3. The van der Waals surface area contributed by atoms with Gasteiger partial charge < -0.3 is 0 Å². The summed E-state index contributed by atoms with van der Waals surface area (Å²) >= 11 is 0. The molecule has 0 bridgehead atoms. The van der Waals surface area contributed by atoms with E-state index in [1.54, 1.807) is 0 Å². The standard InChI is InChI=1S/C16H16N3/c1-13-17-18(2)16(14-9-5-3-6-10-14)19(13)15-11-7-4-8-12-15/h3-12H,1-2H3/q+1. The summed E-state index contributed by atoms with van der Waals surface area (Å²) in [4.78, 5) is 0. The van der Waals surface area contributed by atoms with Crippen LogP contribution in [0.3, 0.4) is 0 Å². The Kier molecular flexibility index (Phi) is 2.88. The van der Waals surface area contributed by atoms with Gasteiger partial charge in [-0.05, 0) is 24.3 Å². The molecule has 1 aromatic heterocycles. The minimum absolute atomic E-state index is 0.979. The molecule has 3 rings (SSSR count). The highest BCUT2D eigenvalue weighted by atomic mass is 15.4. The molecule has 94 valence electrons. The molecular formula is C16H16N3+. The number of benzene rings is 2. The van der Waals surface area contributed by atoms with Crippen LogP contribution >= 0.6 is 0 Å². The van der Waals surface area contributed by atoms with Gasteiger partial charge >= 0.3 is 0 Å². The predicted octanol–water partition coefficient (Wildman–Crippen LogP) is 2.67. The Morgan fingerprint density at radius 1 is 0.895 bits per heavy atom. The molecule has 0 saturated carbocycles. The Hall–Kier alpha value is -2.42. The molecule has 0 radical (unpaired) electrons. The van der Waals surface area contributed by atoms with E-state index in [1.165, 1.54) is 0 Å². The first-order chi connectivity index (χ1) is 9.27. The van der Waals surface area contributed by atoms with E-state index in [-0.39, 0.29) is 0 Å². The zero-order valence-corrected chi connectivity index (χ0v) is 11.1. The fourth-order valence-corrected chi connectivity index (χ4v) is 2.40. The highest BCUT2D eigenvalue weighted by molar-refractivity contribution is 5.52. The van der Waals surface area contributed by atoms with Gasteiger partial charge in [-0.3, -0.25) is 0 Å². The molecule has 3 heteroatoms. The van der Waals surface area contributed by atoms with Crippen molar-refractivity contribution in [2.75, 3.05) is 0 Å². The SMILES string of the molecule is Cc1nn(C)c(-c2ccccc2)[n+]1-c1ccccc1. The smallest absolute Gasteiger partial charge is 0.194 e. The molecule has 0 fully saturated rings. The summed E-state index contributed by atoms with van der Waals surface area (Å²) in [5.41, 5.74) is 2.29. The number of aryl methyl sites for hydroxylation is 2. The molecule has 0 spiro atoms. The second-order valence-electron chi connectivity index (χ2n) is 4.53. The Morgan fingerprint density at radius 3 is 2.11 bits per heavy atom. The zero-order valence-electron chi connectivity index (χ0n) is 11.1. The first-order valence-electron chi connectivity index (χ1n) is 6.34. The van der Waals surface area contributed by atoms with Gasteiger partial charge in [-0.1, -0.05) is 36.4 Å². The van der Waals surface area contributed by atoms with Crippen molar-refractivity contribution in [3.05, 3.63) is 66.5 Å². The van der Waals surface area contributed by atoms with Crippen molar-refractivity contribution >= 4 is 0 Å². The van der Waals surface area contributed by atoms with E-state index >= 15 is 0 Å². The van der Waals surface area contributed by atoms with Crippen LogP contribution in [-0.4, -0.2) is 9.78 Å². The Labute approximate surface area is 112 Å². The lowest BCUT2D eigenvalue weighted by Gasteiger charge is -2.03. The Balaban J connectivity index is 2.26. The summed E-state index contributed by atoms with van der Waals surface area (Å²) < 4.78 is 4.10. The average Bonchev–Trinajstić information content (AvgIpc) is 2.75. The molecule has 19 heavy (non-hydrogen) atoms. The summed E-state index contributed by atoms with van der Waals surface area (Å²) in [5.74, 6) is 2.07. The molecule has 3 aromatic rings. The van der Waals surface area contributed by atoms with Crippen LogP contribution in [0.2, 0.25) is 0 Å². The normalized spacial score (nSPS) is 10.6. The third-order valence-electron chi connectivity index (χ3n) is 3.18. The van der Waals surface area contributed by atoms with E-state index in [9.17, 15) is 0 Å². The third kappa shape index (κ3) is 2.03. The van der Waals surface area contributed by atoms with Crippen LogP contribution in [0.15, 0.2) is 60.7 Å². The summed E-state index contributed by atoms with van der Waals surface area (Å²) in [6.45, 7) is 2.03. The van der Waals surface area contributed by atoms with Crippen LogP contribution in [0.4, 0.5) is 0 Å². The summed E-state index contributed by atoms with van der Waals surface area (Å²) in [6, 6.07) is 20.7. The van der Waals surface area contributed by atoms with Crippen molar-refractivity contribution in [2.45, 2.75) is 6.92 Å². The predicted molar refractivity (Wildman–Crippen MR) is 74.9 cm³/mol. The van der Waals surface area contributed by atoms with E-state index in [4.69, 9.17) is 0 Å². The van der Waals surface area contributed by atoms with Crippen molar-refractivity contribution in [2.24, 2.45) is 7.05 Å². The summed E-state index contributed by atoms with van der Waals surface area (Å²) in [5, 5.41) is 4.54. The quantitative estimate of drug-likeness (QED) is 0.641. The minimum Gasteiger partial charge on any atom is -0.194 e. The third-order valence-corrected chi connectivity index (χ3v) is 3.18. The lowest BCUT2D eigenvalue weighted by molar-refractivity contribution is -0.591. The number of nitrogens with zero attached hydrogens (tertiary/aromatic N) is 3. The van der Waals surface area contributed by atoms with E-state index in [2.05, 4.69) is 33.9 Å². The molecule has 0 aliphatic heterocycles. The molecule has 0 unspecified atom stereocenters. The number of hydrogen-bond acceptors (Lipinski definition) is 1. The van der Waals surface area contributed by atoms with Gasteiger partial charge in [0.05, 0.1) is 12.6 Å². The molecule has 0 N–H and O–H groups in total. The van der Waals surface area contributed by atoms with Crippen LogP contribution in [0, 0.1) is 6.92 Å². The zero-order chi connectivity index (χ0) is 13.2. The number of hydrogen-bond donors (Lipinski definition) is 0. The van der Waals surface area contributed by atoms with Gasteiger partial charge in [-0.15, -0.1) is 4.68 Å². The Bertz CT molecular complexity index is 625. The molecule has 3 nitrogen and oxygen atoms in total. The van der Waals surface area contributed by atoms with Crippen molar-refractivity contribution in [1.82, 2.24) is 9.78 Å². The van der Waals surface area contributed by atoms with Crippen molar-refractivity contribution < 1.29 is 4.57 Å². The van der Waals surface area contributed by atoms with E-state index in [0.29, 0.717) is 0 Å². The highest BCUT2D eigenvalue weighted by Crippen LogP contribution is 2.16. The molecule has 2 aromatic carbocycles. The van der Waals surface area contributed by atoms with Crippen LogP contribution in [-0.2, 0) is 7.05 Å². The fraction of sp³-hybridized carbons (Fsp3) is 0.125. The van der Waals surface area contributed by atoms with Gasteiger partial charge in [-0.25, -0.2) is 0 Å². The molecule has 1 heterocycles. The topological polar surface area (TPSA) is 21.7 Å². The fourth-order valence-electron chi connectivity index (χ4n) is 2.40. The van der Waals surface area contributed by atoms with Gasteiger partial charge in [0, 0.05) is 12.0 Å². The second kappa shape index (κ2) is 4.69. The van der Waals surface area contributed by atoms with Gasteiger partial charge in [-0.2, -0.15) is 4.57 Å². The van der Waals surface area contributed by atoms with Gasteiger partial charge in [0.15, 0.2) is 0 Å². The Morgan fingerprint density at radius 2 is 1.47 bits per heavy atom. The van der Waals surface area contributed by atoms with Crippen molar-refractivity contribution in [1.29, 1.82) is 0 Å². The lowest BCUT2D eigenvalue weighted by Crippen LogP contribution is -2.34. The lowest BCUT2D eigenvalue weighted by atomic mass is 10.2. The van der Waals surface area contributed by atoms with Gasteiger partial charge in [0.1, 0.15) is 5.69 Å². The van der Waals surface area contributed by atoms with E-state index in [1.807, 2.05) is 55.1 Å². The average molecular weight is 250 g/mol. The number of para-hydroxylation sites is 1. The first-order valence-corrected chi connectivity index (χ1v) is 6.34. The van der Waals surface area contributed by atoms with E-state index < -0.39 is 0 Å². The molecule has 0 saturated heterocycles. The maximum absolute atomic E-state index is 4.54. The second-order valence-corrected chi connectivity index (χ2v) is 4.53. The van der Waals surface area contributed by atoms with E-state index in [0.717, 1.165) is 22.9 Å². The van der Waals surface area contributed by atoms with Crippen LogP contribution in [0.1, 0.15) is 5.82 Å². The van der Waals surface area contributed by atoms with Gasteiger partial charge in [0.25, 0.3) is 11.6 Å².